The third-order valence-electron chi connectivity index (χ3n) is 3.73. The first kappa shape index (κ1) is 21.5. The lowest BCUT2D eigenvalue weighted by Gasteiger charge is -2.33. The van der Waals surface area contributed by atoms with Gasteiger partial charge in [0.05, 0.1) is 17.1 Å². The molecule has 0 bridgehead atoms. The molecule has 0 radical (unpaired) electrons. The van der Waals surface area contributed by atoms with Crippen LogP contribution in [0.25, 0.3) is 0 Å². The number of phenolic OH excluding ortho intramolecular Hbond substituents is 1. The fraction of sp³-hybridized carbons (Fsp3) is 0.500. The van der Waals surface area contributed by atoms with Crippen molar-refractivity contribution in [2.75, 3.05) is 14.2 Å². The number of carbonyl (C=O) groups excluding carboxylic acids is 2. The molecule has 1 aromatic rings. The smallest absolute Gasteiger partial charge is 0.328 e. The molecule has 1 aromatic carbocycles. The maximum absolute atomic E-state index is 12.8. The summed E-state index contributed by atoms with van der Waals surface area (Å²) in [6, 6.07) is 0.0404. The number of urea groups is 1. The predicted molar refractivity (Wildman–Crippen MR) is 95.9 cm³/mol. The van der Waals surface area contributed by atoms with Gasteiger partial charge >= 0.3 is 11.7 Å². The van der Waals surface area contributed by atoms with Crippen LogP contribution in [0.1, 0.15) is 38.1 Å². The maximum Gasteiger partial charge on any atom is 0.328 e. The van der Waals surface area contributed by atoms with Gasteiger partial charge in [0.1, 0.15) is 5.56 Å². The van der Waals surface area contributed by atoms with E-state index in [1.54, 1.807) is 27.7 Å². The molecule has 0 aliphatic carbocycles. The first-order chi connectivity index (χ1) is 11.9. The Balaban J connectivity index is 3.47. The Morgan fingerprint density at radius 2 is 1.77 bits per heavy atom. The second kappa shape index (κ2) is 8.22. The molecule has 0 fully saturated rings. The summed E-state index contributed by atoms with van der Waals surface area (Å²) >= 11 is 6.01. The van der Waals surface area contributed by atoms with Gasteiger partial charge in [-0.15, -0.1) is 0 Å². The largest absolute Gasteiger partial charge is 0.499 e. The summed E-state index contributed by atoms with van der Waals surface area (Å²) in [7, 11) is 2.39. The van der Waals surface area contributed by atoms with Crippen molar-refractivity contribution in [3.8, 4) is 11.5 Å². The van der Waals surface area contributed by atoms with E-state index in [9.17, 15) is 24.8 Å². The highest BCUT2D eigenvalue weighted by molar-refractivity contribution is 6.35. The van der Waals surface area contributed by atoms with Gasteiger partial charge in [0.25, 0.3) is 5.91 Å². The third kappa shape index (κ3) is 3.98. The van der Waals surface area contributed by atoms with E-state index in [-0.39, 0.29) is 22.9 Å². The minimum absolute atomic E-state index is 0.201. The van der Waals surface area contributed by atoms with Gasteiger partial charge in [-0.2, -0.15) is 0 Å². The van der Waals surface area contributed by atoms with E-state index in [0.29, 0.717) is 0 Å². The fourth-order valence-electron chi connectivity index (χ4n) is 2.61. The number of imide groups is 1. The van der Waals surface area contributed by atoms with E-state index in [1.165, 1.54) is 19.1 Å². The molecule has 1 N–H and O–H groups in total. The summed E-state index contributed by atoms with van der Waals surface area (Å²) in [6.45, 7) is 7.13. The van der Waals surface area contributed by atoms with Gasteiger partial charge in [-0.05, 0) is 27.7 Å². The second-order valence-electron chi connectivity index (χ2n) is 6.13. The lowest BCUT2D eigenvalue weighted by Crippen LogP contribution is -2.50. The number of ether oxygens (including phenoxy) is 1. The van der Waals surface area contributed by atoms with Crippen molar-refractivity contribution in [2.45, 2.75) is 39.8 Å². The highest BCUT2D eigenvalue weighted by atomic mass is 35.5. The maximum atomic E-state index is 12.8. The van der Waals surface area contributed by atoms with Crippen LogP contribution >= 0.6 is 11.6 Å². The Hall–Kier alpha value is -2.55. The van der Waals surface area contributed by atoms with E-state index >= 15 is 0 Å². The van der Waals surface area contributed by atoms with Gasteiger partial charge in [-0.1, -0.05) is 11.6 Å². The van der Waals surface area contributed by atoms with Crippen LogP contribution in [-0.4, -0.2) is 58.0 Å². The van der Waals surface area contributed by atoms with Crippen LogP contribution in [0.2, 0.25) is 5.02 Å². The lowest BCUT2D eigenvalue weighted by molar-refractivity contribution is -0.386. The Bertz CT molecular complexity index is 727. The molecular weight excluding hydrogens is 366 g/mol. The number of rotatable bonds is 5. The van der Waals surface area contributed by atoms with Crippen molar-refractivity contribution < 1.29 is 24.4 Å². The average Bonchev–Trinajstić information content (AvgIpc) is 2.53. The van der Waals surface area contributed by atoms with Gasteiger partial charge < -0.3 is 14.7 Å². The average molecular weight is 388 g/mol. The monoisotopic (exact) mass is 387 g/mol. The van der Waals surface area contributed by atoms with E-state index in [1.807, 2.05) is 0 Å². The van der Waals surface area contributed by atoms with Crippen LogP contribution in [0.3, 0.4) is 0 Å². The molecule has 0 saturated heterocycles. The van der Waals surface area contributed by atoms with Crippen LogP contribution in [0.15, 0.2) is 6.07 Å². The Morgan fingerprint density at radius 3 is 2.15 bits per heavy atom. The summed E-state index contributed by atoms with van der Waals surface area (Å²) in [4.78, 5) is 38.1. The number of nitrogens with zero attached hydrogens (tertiary/aromatic N) is 3. The molecule has 9 nitrogen and oxygen atoms in total. The summed E-state index contributed by atoms with van der Waals surface area (Å²) < 4.78 is 4.82. The number of phenols is 1. The molecule has 0 aromatic heterocycles. The number of nitro groups is 1. The van der Waals surface area contributed by atoms with Gasteiger partial charge in [0.15, 0.2) is 5.75 Å². The van der Waals surface area contributed by atoms with E-state index in [0.717, 1.165) is 11.0 Å². The molecule has 144 valence electrons. The molecule has 10 heteroatoms. The molecule has 0 aliphatic heterocycles. The van der Waals surface area contributed by atoms with E-state index in [2.05, 4.69) is 0 Å². The number of halogens is 1. The number of hydrogen-bond donors (Lipinski definition) is 1. The fourth-order valence-corrected chi connectivity index (χ4v) is 2.88. The Kier molecular flexibility index (Phi) is 6.79. The zero-order chi connectivity index (χ0) is 20.3. The quantitative estimate of drug-likeness (QED) is 0.612. The minimum atomic E-state index is -1.00. The molecule has 0 aliphatic rings. The zero-order valence-electron chi connectivity index (χ0n) is 15.4. The van der Waals surface area contributed by atoms with Crippen molar-refractivity contribution in [2.24, 2.45) is 0 Å². The number of aromatic hydroxyl groups is 1. The summed E-state index contributed by atoms with van der Waals surface area (Å²) in [5, 5.41) is 21.1. The number of benzene rings is 1. The van der Waals surface area contributed by atoms with Crippen LogP contribution in [0.5, 0.6) is 11.5 Å². The normalized spacial score (nSPS) is 10.8. The van der Waals surface area contributed by atoms with Crippen LogP contribution in [0.4, 0.5) is 10.5 Å². The number of carbonyl (C=O) groups is 2. The molecule has 0 unspecified atom stereocenters. The van der Waals surface area contributed by atoms with Crippen molar-refractivity contribution in [1.82, 2.24) is 9.80 Å². The number of hydrogen-bond acceptors (Lipinski definition) is 6. The van der Waals surface area contributed by atoms with Crippen molar-refractivity contribution >= 4 is 29.2 Å². The van der Waals surface area contributed by atoms with Gasteiger partial charge in [0.2, 0.25) is 5.75 Å². The van der Waals surface area contributed by atoms with E-state index in [4.69, 9.17) is 16.3 Å². The minimum Gasteiger partial charge on any atom is -0.499 e. The van der Waals surface area contributed by atoms with E-state index < -0.39 is 33.9 Å². The molecule has 0 saturated carbocycles. The van der Waals surface area contributed by atoms with Crippen molar-refractivity contribution in [3.63, 3.8) is 0 Å². The van der Waals surface area contributed by atoms with Crippen LogP contribution in [0, 0.1) is 10.1 Å². The topological polar surface area (TPSA) is 113 Å². The summed E-state index contributed by atoms with van der Waals surface area (Å²) in [6.07, 6.45) is 0. The summed E-state index contributed by atoms with van der Waals surface area (Å²) in [5.41, 5.74) is -1.50. The molecular formula is C16H22ClN3O6. The predicted octanol–water partition coefficient (Wildman–Crippen LogP) is 3.27. The first-order valence-corrected chi connectivity index (χ1v) is 8.17. The lowest BCUT2D eigenvalue weighted by atomic mass is 10.1. The van der Waals surface area contributed by atoms with Crippen molar-refractivity contribution in [1.29, 1.82) is 0 Å². The first-order valence-electron chi connectivity index (χ1n) is 7.79. The van der Waals surface area contributed by atoms with Gasteiger partial charge in [-0.3, -0.25) is 19.8 Å². The molecule has 0 atom stereocenters. The Morgan fingerprint density at radius 1 is 1.27 bits per heavy atom. The van der Waals surface area contributed by atoms with Gasteiger partial charge in [-0.25, -0.2) is 4.79 Å². The molecule has 0 spiro atoms. The van der Waals surface area contributed by atoms with Crippen molar-refractivity contribution in [3.05, 3.63) is 26.8 Å². The Labute approximate surface area is 156 Å². The zero-order valence-corrected chi connectivity index (χ0v) is 16.2. The molecule has 1 rings (SSSR count). The van der Waals surface area contributed by atoms with Crippen LogP contribution < -0.4 is 4.74 Å². The number of amides is 3. The second-order valence-corrected chi connectivity index (χ2v) is 6.54. The SMILES string of the molecule is COc1cc(Cl)c(C(=O)N(C)C(=O)N(C(C)C)C(C)C)c([N+](=O)[O-])c1O. The highest BCUT2D eigenvalue weighted by Crippen LogP contribution is 2.43. The standard InChI is InChI=1S/C16H22ClN3O6/c1-8(2)19(9(3)4)16(23)18(5)15(22)12-10(17)7-11(26-6)14(21)13(12)20(24)25/h7-9,21H,1-6H3. The number of methoxy groups -OCH3 is 1. The third-order valence-corrected chi connectivity index (χ3v) is 4.03. The molecule has 0 heterocycles. The van der Waals surface area contributed by atoms with Crippen LogP contribution in [-0.2, 0) is 0 Å². The number of nitro benzene ring substituents is 1. The molecule has 3 amide bonds. The highest BCUT2D eigenvalue weighted by Gasteiger charge is 2.36. The van der Waals surface area contributed by atoms with Gasteiger partial charge in [0, 0.05) is 25.2 Å². The summed E-state index contributed by atoms with van der Waals surface area (Å²) in [5.74, 6) is -2.09. The molecule has 26 heavy (non-hydrogen) atoms.